The van der Waals surface area contributed by atoms with Crippen molar-refractivity contribution in [3.63, 3.8) is 0 Å². The largest absolute Gasteiger partial charge is 0.491 e. The molecule has 82 valence electrons. The first kappa shape index (κ1) is 12.3. The van der Waals surface area contributed by atoms with Gasteiger partial charge in [0, 0.05) is 18.1 Å². The van der Waals surface area contributed by atoms with Gasteiger partial charge in [-0.05, 0) is 12.1 Å². The predicted octanol–water partition coefficient (Wildman–Crippen LogP) is 2.57. The van der Waals surface area contributed by atoms with Crippen molar-refractivity contribution in [2.24, 2.45) is 0 Å². The van der Waals surface area contributed by atoms with E-state index in [9.17, 15) is 4.79 Å². The maximum Gasteiger partial charge on any atom is 0.153 e. The molecule has 0 aliphatic heterocycles. The molecule has 0 amide bonds. The van der Waals surface area contributed by atoms with E-state index in [2.05, 4.69) is 0 Å². The smallest absolute Gasteiger partial charge is 0.153 e. The molecule has 0 atom stereocenters. The molecule has 0 unspecified atom stereocenters. The second-order valence-corrected chi connectivity index (χ2v) is 3.69. The van der Waals surface area contributed by atoms with Gasteiger partial charge in [0.05, 0.1) is 17.2 Å². The van der Waals surface area contributed by atoms with E-state index in [-0.39, 0.29) is 6.61 Å². The molecule has 0 aliphatic carbocycles. The molecular formula is C10H10Cl2O3. The van der Waals surface area contributed by atoms with Gasteiger partial charge in [0.15, 0.2) is 6.29 Å². The van der Waals surface area contributed by atoms with Crippen molar-refractivity contribution in [3.05, 3.63) is 27.7 Å². The number of aliphatic hydroxyl groups excluding tert-OH is 1. The van der Waals surface area contributed by atoms with Crippen LogP contribution < -0.4 is 4.74 Å². The van der Waals surface area contributed by atoms with Gasteiger partial charge in [0.2, 0.25) is 0 Å². The fourth-order valence-corrected chi connectivity index (χ4v) is 1.62. The Labute approximate surface area is 97.6 Å². The van der Waals surface area contributed by atoms with Crippen LogP contribution in [0.1, 0.15) is 16.8 Å². The Kier molecular flexibility index (Phi) is 4.88. The van der Waals surface area contributed by atoms with Crippen LogP contribution in [0.2, 0.25) is 10.0 Å². The van der Waals surface area contributed by atoms with Gasteiger partial charge < -0.3 is 9.84 Å². The van der Waals surface area contributed by atoms with E-state index in [1.54, 1.807) is 0 Å². The molecule has 0 bridgehead atoms. The van der Waals surface area contributed by atoms with E-state index < -0.39 is 0 Å². The van der Waals surface area contributed by atoms with Crippen LogP contribution in [0.15, 0.2) is 12.1 Å². The lowest BCUT2D eigenvalue weighted by molar-refractivity contribution is 0.111. The van der Waals surface area contributed by atoms with Gasteiger partial charge in [-0.2, -0.15) is 0 Å². The highest BCUT2D eigenvalue weighted by molar-refractivity contribution is 6.36. The van der Waals surface area contributed by atoms with Crippen LogP contribution in [0, 0.1) is 0 Å². The van der Waals surface area contributed by atoms with Crippen molar-refractivity contribution in [3.8, 4) is 5.75 Å². The highest BCUT2D eigenvalue weighted by Gasteiger charge is 2.09. The molecule has 1 N–H and O–H groups in total. The number of ether oxygens (including phenoxy) is 1. The van der Waals surface area contributed by atoms with Crippen molar-refractivity contribution < 1.29 is 14.6 Å². The van der Waals surface area contributed by atoms with E-state index in [0.29, 0.717) is 40.7 Å². The highest BCUT2D eigenvalue weighted by Crippen LogP contribution is 2.31. The zero-order chi connectivity index (χ0) is 11.3. The van der Waals surface area contributed by atoms with E-state index in [1.807, 2.05) is 0 Å². The number of hydrogen-bond donors (Lipinski definition) is 1. The molecule has 0 saturated heterocycles. The van der Waals surface area contributed by atoms with E-state index in [4.69, 9.17) is 33.0 Å². The molecule has 1 aromatic rings. The molecular weight excluding hydrogens is 239 g/mol. The molecule has 0 aromatic heterocycles. The number of halogens is 2. The summed E-state index contributed by atoms with van der Waals surface area (Å²) in [6.45, 7) is 0.334. The van der Waals surface area contributed by atoms with Crippen LogP contribution in [0.4, 0.5) is 0 Å². The molecule has 0 radical (unpaired) electrons. The number of hydrogen-bond acceptors (Lipinski definition) is 3. The normalized spacial score (nSPS) is 10.1. The molecule has 1 aromatic carbocycles. The topological polar surface area (TPSA) is 46.5 Å². The average molecular weight is 249 g/mol. The first-order valence-corrected chi connectivity index (χ1v) is 5.12. The summed E-state index contributed by atoms with van der Waals surface area (Å²) >= 11 is 11.6. The molecule has 15 heavy (non-hydrogen) atoms. The SMILES string of the molecule is O=Cc1cc(Cl)cc(Cl)c1OCCCO. The van der Waals surface area contributed by atoms with Gasteiger partial charge in [-0.1, -0.05) is 23.2 Å². The van der Waals surface area contributed by atoms with Crippen molar-refractivity contribution in [2.45, 2.75) is 6.42 Å². The lowest BCUT2D eigenvalue weighted by atomic mass is 10.2. The monoisotopic (exact) mass is 248 g/mol. The summed E-state index contributed by atoms with van der Waals surface area (Å²) in [6, 6.07) is 2.99. The Bertz CT molecular complexity index is 353. The average Bonchev–Trinajstić information content (AvgIpc) is 2.20. The Morgan fingerprint density at radius 3 is 2.73 bits per heavy atom. The number of carbonyl (C=O) groups is 1. The van der Waals surface area contributed by atoms with Gasteiger partial charge >= 0.3 is 0 Å². The van der Waals surface area contributed by atoms with E-state index >= 15 is 0 Å². The number of aliphatic hydroxyl groups is 1. The molecule has 0 saturated carbocycles. The molecule has 0 fully saturated rings. The summed E-state index contributed by atoms with van der Waals surface area (Å²) in [4.78, 5) is 10.7. The Morgan fingerprint density at radius 2 is 2.13 bits per heavy atom. The van der Waals surface area contributed by atoms with Crippen LogP contribution >= 0.6 is 23.2 Å². The quantitative estimate of drug-likeness (QED) is 0.644. The fraction of sp³-hybridized carbons (Fsp3) is 0.300. The maximum absolute atomic E-state index is 10.7. The van der Waals surface area contributed by atoms with Crippen LogP contribution in [-0.4, -0.2) is 24.6 Å². The zero-order valence-corrected chi connectivity index (χ0v) is 9.38. The molecule has 3 nitrogen and oxygen atoms in total. The van der Waals surface area contributed by atoms with Gasteiger partial charge in [0.1, 0.15) is 5.75 Å². The standard InChI is InChI=1S/C10H10Cl2O3/c11-8-4-7(6-14)10(9(12)5-8)15-3-1-2-13/h4-6,13H,1-3H2. The van der Waals surface area contributed by atoms with Crippen molar-refractivity contribution in [2.75, 3.05) is 13.2 Å². The zero-order valence-electron chi connectivity index (χ0n) is 7.87. The summed E-state index contributed by atoms with van der Waals surface area (Å²) < 4.78 is 5.27. The minimum Gasteiger partial charge on any atom is -0.491 e. The third-order valence-corrected chi connectivity index (χ3v) is 2.21. The van der Waals surface area contributed by atoms with Crippen LogP contribution in [0.25, 0.3) is 0 Å². The second kappa shape index (κ2) is 5.95. The number of rotatable bonds is 5. The van der Waals surface area contributed by atoms with Crippen molar-refractivity contribution in [1.82, 2.24) is 0 Å². The molecule has 0 heterocycles. The van der Waals surface area contributed by atoms with E-state index in [1.165, 1.54) is 12.1 Å². The second-order valence-electron chi connectivity index (χ2n) is 2.85. The Hall–Kier alpha value is -0.770. The molecule has 1 rings (SSSR count). The predicted molar refractivity (Wildman–Crippen MR) is 59.0 cm³/mol. The number of aldehydes is 1. The number of benzene rings is 1. The molecule has 0 aliphatic rings. The minimum absolute atomic E-state index is 0.0294. The van der Waals surface area contributed by atoms with Crippen LogP contribution in [0.5, 0.6) is 5.75 Å². The lowest BCUT2D eigenvalue weighted by Crippen LogP contribution is -2.02. The van der Waals surface area contributed by atoms with Crippen LogP contribution in [0.3, 0.4) is 0 Å². The molecule has 0 spiro atoms. The summed E-state index contributed by atoms with van der Waals surface area (Å²) in [5.74, 6) is 0.310. The van der Waals surface area contributed by atoms with Crippen LogP contribution in [-0.2, 0) is 0 Å². The lowest BCUT2D eigenvalue weighted by Gasteiger charge is -2.09. The highest BCUT2D eigenvalue weighted by atomic mass is 35.5. The number of carbonyl (C=O) groups excluding carboxylic acids is 1. The third-order valence-electron chi connectivity index (χ3n) is 1.71. The minimum atomic E-state index is 0.0294. The van der Waals surface area contributed by atoms with Gasteiger partial charge in [0.25, 0.3) is 0 Å². The van der Waals surface area contributed by atoms with Crippen molar-refractivity contribution in [1.29, 1.82) is 0 Å². The van der Waals surface area contributed by atoms with Crippen molar-refractivity contribution >= 4 is 29.5 Å². The summed E-state index contributed by atoms with van der Waals surface area (Å²) in [6.07, 6.45) is 1.11. The Balaban J connectivity index is 2.89. The summed E-state index contributed by atoms with van der Waals surface area (Å²) in [5, 5.41) is 9.26. The van der Waals surface area contributed by atoms with Gasteiger partial charge in [-0.15, -0.1) is 0 Å². The third kappa shape index (κ3) is 3.38. The first-order chi connectivity index (χ1) is 7.19. The fourth-order valence-electron chi connectivity index (χ4n) is 1.06. The van der Waals surface area contributed by atoms with Gasteiger partial charge in [-0.25, -0.2) is 0 Å². The summed E-state index contributed by atoms with van der Waals surface area (Å²) in [7, 11) is 0. The first-order valence-electron chi connectivity index (χ1n) is 4.37. The Morgan fingerprint density at radius 1 is 1.40 bits per heavy atom. The van der Waals surface area contributed by atoms with Gasteiger partial charge in [-0.3, -0.25) is 4.79 Å². The van der Waals surface area contributed by atoms with E-state index in [0.717, 1.165) is 0 Å². The summed E-state index contributed by atoms with van der Waals surface area (Å²) in [5.41, 5.74) is 0.311. The maximum atomic E-state index is 10.7. The molecule has 5 heteroatoms.